The summed E-state index contributed by atoms with van der Waals surface area (Å²) in [5, 5.41) is 5.14. The predicted molar refractivity (Wildman–Crippen MR) is 114 cm³/mol. The van der Waals surface area contributed by atoms with E-state index in [2.05, 4.69) is 16.6 Å². The number of anilines is 1. The molecule has 0 aromatic heterocycles. The number of benzene rings is 2. The molecule has 1 heterocycles. The van der Waals surface area contributed by atoms with Gasteiger partial charge in [0.1, 0.15) is 0 Å². The summed E-state index contributed by atoms with van der Waals surface area (Å²) in [4.78, 5) is 50.7. The van der Waals surface area contributed by atoms with E-state index in [1.807, 2.05) is 0 Å². The van der Waals surface area contributed by atoms with Crippen LogP contribution < -0.4 is 10.6 Å². The lowest BCUT2D eigenvalue weighted by atomic mass is 10.1. The molecule has 0 radical (unpaired) electrons. The number of hydrogen-bond donors (Lipinski definition) is 2. The van der Waals surface area contributed by atoms with Crippen molar-refractivity contribution in [2.45, 2.75) is 6.42 Å². The summed E-state index contributed by atoms with van der Waals surface area (Å²) in [6, 6.07) is 11.0. The van der Waals surface area contributed by atoms with E-state index in [0.717, 1.165) is 4.90 Å². The highest BCUT2D eigenvalue weighted by molar-refractivity contribution is 6.22. The number of carbonyl (C=O) groups excluding carboxylic acids is 4. The van der Waals surface area contributed by atoms with Crippen molar-refractivity contribution in [3.05, 3.63) is 64.7 Å². The number of methoxy groups -OCH3 is 1. The van der Waals surface area contributed by atoms with Gasteiger partial charge in [-0.2, -0.15) is 0 Å². The van der Waals surface area contributed by atoms with Gasteiger partial charge in [-0.15, -0.1) is 6.42 Å². The summed E-state index contributed by atoms with van der Waals surface area (Å²) in [6.45, 7) is 0.394. The number of nitrogens with one attached hydrogen (secondary N) is 2. The molecule has 4 amide bonds. The van der Waals surface area contributed by atoms with E-state index in [1.54, 1.807) is 31.4 Å². The van der Waals surface area contributed by atoms with Crippen molar-refractivity contribution >= 4 is 29.3 Å². The summed E-state index contributed by atoms with van der Waals surface area (Å²) < 4.78 is 4.95. The molecule has 0 unspecified atom stereocenters. The number of rotatable bonds is 8. The zero-order chi connectivity index (χ0) is 22.4. The molecule has 0 aliphatic carbocycles. The third-order valence-corrected chi connectivity index (χ3v) is 4.69. The summed E-state index contributed by atoms with van der Waals surface area (Å²) in [5.74, 6) is 0.670. The van der Waals surface area contributed by atoms with Gasteiger partial charge in [-0.1, -0.05) is 12.0 Å². The first-order chi connectivity index (χ1) is 14.9. The molecule has 2 N–H and O–H groups in total. The minimum absolute atomic E-state index is 0.172. The monoisotopic (exact) mass is 419 g/mol. The van der Waals surface area contributed by atoms with Gasteiger partial charge >= 0.3 is 0 Å². The van der Waals surface area contributed by atoms with Crippen LogP contribution in [0, 0.1) is 12.3 Å². The molecule has 0 bridgehead atoms. The first-order valence-electron chi connectivity index (χ1n) is 9.58. The normalized spacial score (nSPS) is 12.3. The van der Waals surface area contributed by atoms with Crippen molar-refractivity contribution in [3.63, 3.8) is 0 Å². The highest BCUT2D eigenvalue weighted by Gasteiger charge is 2.35. The van der Waals surface area contributed by atoms with Crippen LogP contribution in [0.25, 0.3) is 0 Å². The number of nitrogens with zero attached hydrogens (tertiary/aromatic N) is 1. The minimum atomic E-state index is -0.534. The van der Waals surface area contributed by atoms with Crippen molar-refractivity contribution in [2.75, 3.05) is 32.1 Å². The maximum absolute atomic E-state index is 12.6. The second-order valence-electron chi connectivity index (χ2n) is 6.82. The van der Waals surface area contributed by atoms with Gasteiger partial charge in [-0.05, 0) is 42.8 Å². The van der Waals surface area contributed by atoms with Gasteiger partial charge in [-0.3, -0.25) is 24.1 Å². The fourth-order valence-corrected chi connectivity index (χ4v) is 3.16. The Morgan fingerprint density at radius 2 is 1.87 bits per heavy atom. The van der Waals surface area contributed by atoms with Crippen molar-refractivity contribution in [3.8, 4) is 12.3 Å². The maximum atomic E-state index is 12.6. The summed E-state index contributed by atoms with van der Waals surface area (Å²) >= 11 is 0. The maximum Gasteiger partial charge on any atom is 0.261 e. The summed E-state index contributed by atoms with van der Waals surface area (Å²) in [5.41, 5.74) is 1.75. The molecule has 0 saturated heterocycles. The number of fused-ring (bicyclic) bond motifs is 1. The van der Waals surface area contributed by atoms with E-state index in [1.165, 1.54) is 18.2 Å². The molecule has 8 nitrogen and oxygen atoms in total. The lowest BCUT2D eigenvalue weighted by molar-refractivity contribution is -0.115. The van der Waals surface area contributed by atoms with Gasteiger partial charge < -0.3 is 15.4 Å². The molecule has 31 heavy (non-hydrogen) atoms. The Bertz CT molecular complexity index is 1090. The quantitative estimate of drug-likeness (QED) is 0.385. The van der Waals surface area contributed by atoms with Gasteiger partial charge in [0.2, 0.25) is 5.91 Å². The van der Waals surface area contributed by atoms with E-state index in [4.69, 9.17) is 11.2 Å². The van der Waals surface area contributed by atoms with Crippen LogP contribution in [-0.4, -0.2) is 55.3 Å². The Morgan fingerprint density at radius 3 is 2.61 bits per heavy atom. The smallest absolute Gasteiger partial charge is 0.261 e. The Labute approximate surface area is 179 Å². The number of carbonyl (C=O) groups is 4. The van der Waals surface area contributed by atoms with Crippen LogP contribution in [-0.2, 0) is 9.53 Å². The molecule has 3 rings (SSSR count). The highest BCUT2D eigenvalue weighted by atomic mass is 16.5. The molecule has 1 aliphatic heterocycles. The molecule has 0 atom stereocenters. The molecular formula is C23H21N3O5. The van der Waals surface area contributed by atoms with Gasteiger partial charge in [-0.25, -0.2) is 0 Å². The molecule has 0 spiro atoms. The van der Waals surface area contributed by atoms with Crippen LogP contribution in [0.2, 0.25) is 0 Å². The Morgan fingerprint density at radius 1 is 1.10 bits per heavy atom. The number of hydrogen-bond acceptors (Lipinski definition) is 5. The van der Waals surface area contributed by atoms with E-state index < -0.39 is 23.6 Å². The molecule has 8 heteroatoms. The fraction of sp³-hybridized carbons (Fsp3) is 0.217. The standard InChI is InChI=1S/C23H21N3O5/c1-3-15-6-4-7-17(12-15)25-20(27)14-24-21(28)16-8-9-18-19(13-16)23(30)26(22(18)29)10-5-11-31-2/h1,4,6-9,12-13H,5,10-11,14H2,2H3,(H,24,28)(H,25,27). The molecular weight excluding hydrogens is 398 g/mol. The van der Waals surface area contributed by atoms with Crippen molar-refractivity contribution in [1.29, 1.82) is 0 Å². The molecule has 0 fully saturated rings. The fourth-order valence-electron chi connectivity index (χ4n) is 3.16. The predicted octanol–water partition coefficient (Wildman–Crippen LogP) is 1.67. The number of imide groups is 1. The van der Waals surface area contributed by atoms with Crippen LogP contribution in [0.15, 0.2) is 42.5 Å². The van der Waals surface area contributed by atoms with Crippen molar-refractivity contribution in [2.24, 2.45) is 0 Å². The van der Waals surface area contributed by atoms with E-state index in [0.29, 0.717) is 24.3 Å². The second-order valence-corrected chi connectivity index (χ2v) is 6.82. The van der Waals surface area contributed by atoms with Gasteiger partial charge in [0.05, 0.1) is 17.7 Å². The zero-order valence-electron chi connectivity index (χ0n) is 16.9. The number of terminal acetylenes is 1. The lowest BCUT2D eigenvalue weighted by Gasteiger charge is -2.12. The largest absolute Gasteiger partial charge is 0.385 e. The summed E-state index contributed by atoms with van der Waals surface area (Å²) in [7, 11) is 1.54. The zero-order valence-corrected chi connectivity index (χ0v) is 16.9. The van der Waals surface area contributed by atoms with Gasteiger partial charge in [0.15, 0.2) is 0 Å². The average Bonchev–Trinajstić information content (AvgIpc) is 3.02. The van der Waals surface area contributed by atoms with Crippen LogP contribution in [0.4, 0.5) is 5.69 Å². The molecule has 1 aliphatic rings. The molecule has 2 aromatic rings. The van der Waals surface area contributed by atoms with Crippen molar-refractivity contribution in [1.82, 2.24) is 10.2 Å². The average molecular weight is 419 g/mol. The third-order valence-electron chi connectivity index (χ3n) is 4.69. The molecule has 158 valence electrons. The second kappa shape index (κ2) is 9.69. The van der Waals surface area contributed by atoms with Crippen LogP contribution in [0.1, 0.15) is 43.1 Å². The van der Waals surface area contributed by atoms with Gasteiger partial charge in [0, 0.05) is 37.1 Å². The van der Waals surface area contributed by atoms with E-state index in [9.17, 15) is 19.2 Å². The third kappa shape index (κ3) is 4.97. The number of ether oxygens (including phenoxy) is 1. The number of amides is 4. The topological polar surface area (TPSA) is 105 Å². The molecule has 0 saturated carbocycles. The van der Waals surface area contributed by atoms with Gasteiger partial charge in [0.25, 0.3) is 17.7 Å². The Kier molecular flexibility index (Phi) is 6.80. The Balaban J connectivity index is 1.61. The minimum Gasteiger partial charge on any atom is -0.385 e. The van der Waals surface area contributed by atoms with E-state index in [-0.39, 0.29) is 29.8 Å². The van der Waals surface area contributed by atoms with Crippen molar-refractivity contribution < 1.29 is 23.9 Å². The van der Waals surface area contributed by atoms with Crippen LogP contribution in [0.5, 0.6) is 0 Å². The SMILES string of the molecule is C#Cc1cccc(NC(=O)CNC(=O)c2ccc3c(c2)C(=O)N(CCCOC)C3=O)c1. The van der Waals surface area contributed by atoms with Crippen LogP contribution in [0.3, 0.4) is 0 Å². The van der Waals surface area contributed by atoms with E-state index >= 15 is 0 Å². The summed E-state index contributed by atoms with van der Waals surface area (Å²) in [6.07, 6.45) is 5.86. The lowest BCUT2D eigenvalue weighted by Crippen LogP contribution is -2.33. The molecule has 2 aromatic carbocycles. The van der Waals surface area contributed by atoms with Crippen LogP contribution >= 0.6 is 0 Å². The highest BCUT2D eigenvalue weighted by Crippen LogP contribution is 2.24. The first kappa shape index (κ1) is 21.7. The first-order valence-corrected chi connectivity index (χ1v) is 9.58. The Hall–Kier alpha value is -3.96.